The maximum Gasteiger partial charge on any atom is 0.196 e. The Labute approximate surface area is 95.1 Å². The lowest BCUT2D eigenvalue weighted by Gasteiger charge is -2.14. The van der Waals surface area contributed by atoms with Crippen molar-refractivity contribution in [3.63, 3.8) is 0 Å². The Kier molecular flexibility index (Phi) is 3.08. The highest BCUT2D eigenvalue weighted by molar-refractivity contribution is 6.06. The summed E-state index contributed by atoms with van der Waals surface area (Å²) in [5.41, 5.74) is 0.108. The molecule has 86 valence electrons. The fraction of sp³-hybridized carbons (Fsp3) is 0.462. The SMILES string of the molecule is C=CCC(O)CCC1=CC=CC2(CO2)C1=O. The van der Waals surface area contributed by atoms with Crippen LogP contribution in [0.15, 0.2) is 36.5 Å². The highest BCUT2D eigenvalue weighted by Gasteiger charge is 2.51. The molecule has 0 amide bonds. The van der Waals surface area contributed by atoms with Crippen molar-refractivity contribution in [2.75, 3.05) is 6.61 Å². The summed E-state index contributed by atoms with van der Waals surface area (Å²) in [4.78, 5) is 11.9. The Morgan fingerprint density at radius 1 is 1.69 bits per heavy atom. The summed E-state index contributed by atoms with van der Waals surface area (Å²) in [5, 5.41) is 9.55. The first-order valence-electron chi connectivity index (χ1n) is 5.54. The van der Waals surface area contributed by atoms with E-state index < -0.39 is 11.7 Å². The molecule has 2 unspecified atom stereocenters. The summed E-state index contributed by atoms with van der Waals surface area (Å²) in [7, 11) is 0. The molecule has 2 rings (SSSR count). The highest BCUT2D eigenvalue weighted by atomic mass is 16.6. The van der Waals surface area contributed by atoms with Crippen LogP contribution in [0.1, 0.15) is 19.3 Å². The number of carbonyl (C=O) groups excluding carboxylic acids is 1. The largest absolute Gasteiger partial charge is 0.393 e. The monoisotopic (exact) mass is 220 g/mol. The molecule has 16 heavy (non-hydrogen) atoms. The zero-order chi connectivity index (χ0) is 11.6. The Bertz CT molecular complexity index is 361. The average molecular weight is 220 g/mol. The van der Waals surface area contributed by atoms with E-state index in [1.54, 1.807) is 12.2 Å². The van der Waals surface area contributed by atoms with E-state index in [0.29, 0.717) is 25.9 Å². The van der Waals surface area contributed by atoms with Gasteiger partial charge in [0, 0.05) is 0 Å². The van der Waals surface area contributed by atoms with Gasteiger partial charge in [0.05, 0.1) is 12.7 Å². The van der Waals surface area contributed by atoms with E-state index in [4.69, 9.17) is 4.74 Å². The van der Waals surface area contributed by atoms with Crippen LogP contribution in [0.4, 0.5) is 0 Å². The molecular weight excluding hydrogens is 204 g/mol. The molecule has 1 spiro atoms. The molecule has 2 atom stereocenters. The molecule has 1 heterocycles. The second-order valence-corrected chi connectivity index (χ2v) is 4.28. The van der Waals surface area contributed by atoms with Gasteiger partial charge in [-0.3, -0.25) is 4.79 Å². The van der Waals surface area contributed by atoms with Crippen LogP contribution in [0.2, 0.25) is 0 Å². The lowest BCUT2D eigenvalue weighted by Crippen LogP contribution is -2.26. The van der Waals surface area contributed by atoms with Crippen molar-refractivity contribution in [2.45, 2.75) is 31.0 Å². The van der Waals surface area contributed by atoms with Crippen LogP contribution in [0.5, 0.6) is 0 Å². The van der Waals surface area contributed by atoms with Crippen molar-refractivity contribution in [1.82, 2.24) is 0 Å². The number of hydrogen-bond acceptors (Lipinski definition) is 3. The minimum absolute atomic E-state index is 0.0563. The van der Waals surface area contributed by atoms with E-state index >= 15 is 0 Å². The van der Waals surface area contributed by atoms with Gasteiger partial charge in [-0.05, 0) is 30.9 Å². The van der Waals surface area contributed by atoms with Gasteiger partial charge >= 0.3 is 0 Å². The molecule has 1 aliphatic heterocycles. The number of epoxide rings is 1. The fourth-order valence-corrected chi connectivity index (χ4v) is 1.88. The molecule has 1 saturated heterocycles. The standard InChI is InChI=1S/C13H16O3/c1-2-4-11(14)7-6-10-5-3-8-13(9-16-13)12(10)15/h2-3,5,8,11,14H,1,4,6-7,9H2. The minimum Gasteiger partial charge on any atom is -0.393 e. The minimum atomic E-state index is -0.645. The molecule has 3 nitrogen and oxygen atoms in total. The van der Waals surface area contributed by atoms with Crippen LogP contribution in [-0.2, 0) is 9.53 Å². The zero-order valence-electron chi connectivity index (χ0n) is 9.19. The third-order valence-electron chi connectivity index (χ3n) is 2.98. The first kappa shape index (κ1) is 11.3. The second-order valence-electron chi connectivity index (χ2n) is 4.28. The van der Waals surface area contributed by atoms with Crippen molar-refractivity contribution >= 4 is 5.78 Å². The van der Waals surface area contributed by atoms with Crippen molar-refractivity contribution in [2.24, 2.45) is 0 Å². The topological polar surface area (TPSA) is 49.8 Å². The number of aliphatic hydroxyl groups excluding tert-OH is 1. The van der Waals surface area contributed by atoms with Crippen LogP contribution in [0.25, 0.3) is 0 Å². The summed E-state index contributed by atoms with van der Waals surface area (Å²) >= 11 is 0. The number of ether oxygens (including phenoxy) is 1. The van der Waals surface area contributed by atoms with Crippen LogP contribution in [0.3, 0.4) is 0 Å². The van der Waals surface area contributed by atoms with E-state index in [1.165, 1.54) is 0 Å². The summed E-state index contributed by atoms with van der Waals surface area (Å²) in [6, 6.07) is 0. The van der Waals surface area contributed by atoms with Gasteiger partial charge in [-0.1, -0.05) is 18.2 Å². The second kappa shape index (κ2) is 4.36. The number of allylic oxidation sites excluding steroid dienone is 2. The maximum atomic E-state index is 11.9. The molecule has 2 aliphatic rings. The molecule has 1 aliphatic carbocycles. The van der Waals surface area contributed by atoms with E-state index in [-0.39, 0.29) is 5.78 Å². The van der Waals surface area contributed by atoms with Gasteiger partial charge in [-0.2, -0.15) is 0 Å². The van der Waals surface area contributed by atoms with Gasteiger partial charge in [0.1, 0.15) is 0 Å². The molecule has 0 radical (unpaired) electrons. The van der Waals surface area contributed by atoms with Crippen LogP contribution in [0, 0.1) is 0 Å². The molecule has 0 bridgehead atoms. The molecule has 0 aromatic rings. The number of rotatable bonds is 5. The molecule has 0 aromatic carbocycles. The van der Waals surface area contributed by atoms with Crippen molar-refractivity contribution in [1.29, 1.82) is 0 Å². The number of carbonyl (C=O) groups is 1. The molecule has 0 aromatic heterocycles. The lowest BCUT2D eigenvalue weighted by molar-refractivity contribution is -0.119. The average Bonchev–Trinajstić information content (AvgIpc) is 3.02. The highest BCUT2D eigenvalue weighted by Crippen LogP contribution is 2.36. The Morgan fingerprint density at radius 3 is 3.06 bits per heavy atom. The normalized spacial score (nSPS) is 29.1. The van der Waals surface area contributed by atoms with Gasteiger partial charge in [0.15, 0.2) is 11.4 Å². The zero-order valence-corrected chi connectivity index (χ0v) is 9.19. The number of hydrogen-bond donors (Lipinski definition) is 1. The van der Waals surface area contributed by atoms with Crippen LogP contribution in [-0.4, -0.2) is 29.2 Å². The molecule has 1 N–H and O–H groups in total. The summed E-state index contributed by atoms with van der Waals surface area (Å²) in [6.07, 6.45) is 8.52. The predicted molar refractivity (Wildman–Crippen MR) is 61.0 cm³/mol. The van der Waals surface area contributed by atoms with Crippen molar-refractivity contribution in [3.05, 3.63) is 36.5 Å². The van der Waals surface area contributed by atoms with Gasteiger partial charge in [-0.25, -0.2) is 0 Å². The Balaban J connectivity index is 1.90. The third-order valence-corrected chi connectivity index (χ3v) is 2.98. The van der Waals surface area contributed by atoms with Gasteiger partial charge < -0.3 is 9.84 Å². The number of Topliss-reactive ketones (excluding diaryl/α,β-unsaturated/α-hetero) is 1. The maximum absolute atomic E-state index is 11.9. The lowest BCUT2D eigenvalue weighted by atomic mass is 9.89. The summed E-state index contributed by atoms with van der Waals surface area (Å²) < 4.78 is 5.18. The first-order chi connectivity index (χ1) is 7.68. The quantitative estimate of drug-likeness (QED) is 0.564. The Morgan fingerprint density at radius 2 is 2.44 bits per heavy atom. The summed E-state index contributed by atoms with van der Waals surface area (Å²) in [6.45, 7) is 4.07. The summed E-state index contributed by atoms with van der Waals surface area (Å²) in [5.74, 6) is 0.0563. The van der Waals surface area contributed by atoms with Crippen molar-refractivity contribution in [3.8, 4) is 0 Å². The number of aliphatic hydroxyl groups is 1. The van der Waals surface area contributed by atoms with Gasteiger partial charge in [0.2, 0.25) is 0 Å². The van der Waals surface area contributed by atoms with Gasteiger partial charge in [-0.15, -0.1) is 6.58 Å². The van der Waals surface area contributed by atoms with E-state index in [2.05, 4.69) is 6.58 Å². The Hall–Kier alpha value is -1.19. The molecular formula is C13H16O3. The van der Waals surface area contributed by atoms with Gasteiger partial charge in [0.25, 0.3) is 0 Å². The van der Waals surface area contributed by atoms with Crippen molar-refractivity contribution < 1.29 is 14.6 Å². The molecule has 1 fully saturated rings. The molecule has 0 saturated carbocycles. The molecule has 3 heteroatoms. The third kappa shape index (κ3) is 2.15. The first-order valence-corrected chi connectivity index (χ1v) is 5.54. The smallest absolute Gasteiger partial charge is 0.196 e. The fourth-order valence-electron chi connectivity index (χ4n) is 1.88. The van der Waals surface area contributed by atoms with Crippen LogP contribution < -0.4 is 0 Å². The predicted octanol–water partition coefficient (Wildman–Crippen LogP) is 1.54. The number of ketones is 1. The van der Waals surface area contributed by atoms with E-state index in [0.717, 1.165) is 5.57 Å². The van der Waals surface area contributed by atoms with E-state index in [9.17, 15) is 9.90 Å². The van der Waals surface area contributed by atoms with Crippen LogP contribution >= 0.6 is 0 Å². The van der Waals surface area contributed by atoms with E-state index in [1.807, 2.05) is 12.2 Å².